The summed E-state index contributed by atoms with van der Waals surface area (Å²) in [6.45, 7) is 2.74. The van der Waals surface area contributed by atoms with Crippen molar-refractivity contribution >= 4 is 17.3 Å². The van der Waals surface area contributed by atoms with E-state index in [4.69, 9.17) is 11.6 Å². The highest BCUT2D eigenvalue weighted by Crippen LogP contribution is 2.28. The second-order valence-electron chi connectivity index (χ2n) is 4.97. The van der Waals surface area contributed by atoms with Gasteiger partial charge in [0.1, 0.15) is 0 Å². The molecule has 106 valence electrons. The monoisotopic (exact) mass is 289 g/mol. The Balaban J connectivity index is 2.23. The lowest BCUT2D eigenvalue weighted by Crippen LogP contribution is -2.18. The minimum absolute atomic E-state index is 0.423. The summed E-state index contributed by atoms with van der Waals surface area (Å²) in [5, 5.41) is 10.9. The second kappa shape index (κ2) is 6.78. The van der Waals surface area contributed by atoms with E-state index in [0.717, 1.165) is 28.4 Å². The Morgan fingerprint density at radius 2 is 1.90 bits per heavy atom. The number of aliphatic hydroxyl groups excluding tert-OH is 1. The van der Waals surface area contributed by atoms with E-state index in [9.17, 15) is 5.11 Å². The van der Waals surface area contributed by atoms with Gasteiger partial charge in [0.25, 0.3) is 0 Å². The lowest BCUT2D eigenvalue weighted by atomic mass is 10.0. The van der Waals surface area contributed by atoms with E-state index in [1.54, 1.807) is 0 Å². The zero-order valence-corrected chi connectivity index (χ0v) is 12.6. The Morgan fingerprint density at radius 1 is 1.15 bits per heavy atom. The van der Waals surface area contributed by atoms with Crippen LogP contribution in [0.3, 0.4) is 0 Å². The van der Waals surface area contributed by atoms with Crippen molar-refractivity contribution in [3.63, 3.8) is 0 Å². The van der Waals surface area contributed by atoms with Gasteiger partial charge < -0.3 is 10.0 Å². The third kappa shape index (κ3) is 3.53. The first kappa shape index (κ1) is 14.9. The number of hydrogen-bond acceptors (Lipinski definition) is 2. The molecule has 0 radical (unpaired) electrons. The highest BCUT2D eigenvalue weighted by atomic mass is 35.5. The molecule has 0 saturated carbocycles. The highest BCUT2D eigenvalue weighted by Gasteiger charge is 2.13. The molecule has 20 heavy (non-hydrogen) atoms. The third-order valence-corrected chi connectivity index (χ3v) is 3.64. The molecule has 0 bridgehead atoms. The van der Waals surface area contributed by atoms with Crippen LogP contribution < -0.4 is 4.90 Å². The summed E-state index contributed by atoms with van der Waals surface area (Å²) in [5.74, 6) is 0. The molecule has 2 aromatic rings. The number of para-hydroxylation sites is 1. The van der Waals surface area contributed by atoms with Crippen molar-refractivity contribution in [1.82, 2.24) is 0 Å². The van der Waals surface area contributed by atoms with Crippen molar-refractivity contribution in [2.45, 2.75) is 26.0 Å². The fraction of sp³-hybridized carbons (Fsp3) is 0.294. The van der Waals surface area contributed by atoms with Crippen LogP contribution in [0.25, 0.3) is 0 Å². The van der Waals surface area contributed by atoms with E-state index in [1.165, 1.54) is 0 Å². The van der Waals surface area contributed by atoms with Crippen molar-refractivity contribution in [1.29, 1.82) is 0 Å². The Labute approximate surface area is 125 Å². The van der Waals surface area contributed by atoms with Gasteiger partial charge in [0, 0.05) is 29.9 Å². The Bertz CT molecular complexity index is 570. The van der Waals surface area contributed by atoms with Crippen molar-refractivity contribution in [3.8, 4) is 0 Å². The van der Waals surface area contributed by atoms with Crippen LogP contribution in [0.5, 0.6) is 0 Å². The van der Waals surface area contributed by atoms with E-state index in [2.05, 4.69) is 11.0 Å². The van der Waals surface area contributed by atoms with Gasteiger partial charge in [0.05, 0.1) is 6.10 Å². The summed E-state index contributed by atoms with van der Waals surface area (Å²) < 4.78 is 0. The number of rotatable bonds is 5. The number of halogens is 1. The molecule has 0 aliphatic heterocycles. The molecule has 2 rings (SSSR count). The van der Waals surface area contributed by atoms with Crippen LogP contribution >= 0.6 is 11.6 Å². The van der Waals surface area contributed by atoms with Gasteiger partial charge in [0.15, 0.2) is 0 Å². The molecule has 0 spiro atoms. The van der Waals surface area contributed by atoms with E-state index in [1.807, 2.05) is 56.4 Å². The maximum Gasteiger partial charge on any atom is 0.0807 e. The molecular formula is C17H20ClNO. The predicted octanol–water partition coefficient (Wildman–Crippen LogP) is 4.42. The third-order valence-electron chi connectivity index (χ3n) is 3.40. The molecular weight excluding hydrogens is 270 g/mol. The van der Waals surface area contributed by atoms with Crippen LogP contribution in [-0.4, -0.2) is 12.2 Å². The molecule has 2 aromatic carbocycles. The van der Waals surface area contributed by atoms with Crippen molar-refractivity contribution in [2.75, 3.05) is 11.9 Å². The van der Waals surface area contributed by atoms with Crippen molar-refractivity contribution in [2.24, 2.45) is 0 Å². The van der Waals surface area contributed by atoms with Gasteiger partial charge in [-0.25, -0.2) is 0 Å². The molecule has 0 saturated heterocycles. The summed E-state index contributed by atoms with van der Waals surface area (Å²) in [6.07, 6.45) is 0.287. The molecule has 1 unspecified atom stereocenters. The normalized spacial score (nSPS) is 12.2. The number of hydrogen-bond donors (Lipinski definition) is 1. The fourth-order valence-corrected chi connectivity index (χ4v) is 2.54. The Morgan fingerprint density at radius 3 is 2.60 bits per heavy atom. The molecule has 0 heterocycles. The average molecular weight is 290 g/mol. The van der Waals surface area contributed by atoms with Crippen LogP contribution in [0.4, 0.5) is 5.69 Å². The Kier molecular flexibility index (Phi) is 5.05. The quantitative estimate of drug-likeness (QED) is 0.881. The molecule has 0 aliphatic carbocycles. The van der Waals surface area contributed by atoms with Gasteiger partial charge in [-0.3, -0.25) is 0 Å². The molecule has 0 fully saturated rings. The first-order valence-electron chi connectivity index (χ1n) is 6.84. The topological polar surface area (TPSA) is 23.5 Å². The van der Waals surface area contributed by atoms with E-state index in [-0.39, 0.29) is 0 Å². The average Bonchev–Trinajstić information content (AvgIpc) is 2.46. The van der Waals surface area contributed by atoms with Gasteiger partial charge in [0.2, 0.25) is 0 Å². The summed E-state index contributed by atoms with van der Waals surface area (Å²) >= 11 is 6.02. The van der Waals surface area contributed by atoms with Crippen molar-refractivity contribution < 1.29 is 5.11 Å². The lowest BCUT2D eigenvalue weighted by molar-refractivity contribution is 0.174. The first-order chi connectivity index (χ1) is 9.61. The number of nitrogens with zero attached hydrogens (tertiary/aromatic N) is 1. The predicted molar refractivity (Wildman–Crippen MR) is 85.3 cm³/mol. The number of benzene rings is 2. The van der Waals surface area contributed by atoms with E-state index < -0.39 is 6.10 Å². The van der Waals surface area contributed by atoms with Gasteiger partial charge >= 0.3 is 0 Å². The molecule has 1 N–H and O–H groups in total. The minimum atomic E-state index is -0.423. The van der Waals surface area contributed by atoms with Crippen LogP contribution in [0.1, 0.15) is 30.6 Å². The van der Waals surface area contributed by atoms with E-state index >= 15 is 0 Å². The Hall–Kier alpha value is -1.51. The molecule has 3 heteroatoms. The van der Waals surface area contributed by atoms with Gasteiger partial charge in [-0.2, -0.15) is 0 Å². The second-order valence-corrected chi connectivity index (χ2v) is 5.41. The van der Waals surface area contributed by atoms with Gasteiger partial charge in [-0.05, 0) is 30.2 Å². The van der Waals surface area contributed by atoms with Crippen LogP contribution in [0, 0.1) is 0 Å². The maximum absolute atomic E-state index is 10.1. The van der Waals surface area contributed by atoms with Crippen LogP contribution in [0.2, 0.25) is 5.02 Å². The van der Waals surface area contributed by atoms with Crippen molar-refractivity contribution in [3.05, 3.63) is 64.7 Å². The van der Waals surface area contributed by atoms with Crippen LogP contribution in [0.15, 0.2) is 48.5 Å². The largest absolute Gasteiger partial charge is 0.388 e. The zero-order chi connectivity index (χ0) is 14.5. The van der Waals surface area contributed by atoms with E-state index in [0.29, 0.717) is 6.42 Å². The minimum Gasteiger partial charge on any atom is -0.388 e. The molecule has 1 atom stereocenters. The summed E-state index contributed by atoms with van der Waals surface area (Å²) in [4.78, 5) is 2.14. The molecule has 2 nitrogen and oxygen atoms in total. The summed E-state index contributed by atoms with van der Waals surface area (Å²) in [6, 6.07) is 15.8. The summed E-state index contributed by atoms with van der Waals surface area (Å²) in [5.41, 5.74) is 3.18. The van der Waals surface area contributed by atoms with Gasteiger partial charge in [-0.1, -0.05) is 48.9 Å². The molecule has 0 aromatic heterocycles. The number of aliphatic hydroxyl groups is 1. The molecule has 0 aliphatic rings. The van der Waals surface area contributed by atoms with Crippen LogP contribution in [-0.2, 0) is 6.54 Å². The zero-order valence-electron chi connectivity index (χ0n) is 11.9. The fourth-order valence-electron chi connectivity index (χ4n) is 2.33. The highest BCUT2D eigenvalue weighted by molar-refractivity contribution is 6.30. The smallest absolute Gasteiger partial charge is 0.0807 e. The SMILES string of the molecule is CCC(O)c1ccccc1N(C)Cc1cccc(Cl)c1. The lowest BCUT2D eigenvalue weighted by Gasteiger charge is -2.24. The molecule has 0 amide bonds. The first-order valence-corrected chi connectivity index (χ1v) is 7.22. The standard InChI is InChI=1S/C17H20ClNO/c1-3-17(20)15-9-4-5-10-16(15)19(2)12-13-7-6-8-14(18)11-13/h4-11,17,20H,3,12H2,1-2H3. The summed E-state index contributed by atoms with van der Waals surface area (Å²) in [7, 11) is 2.03. The maximum atomic E-state index is 10.1. The number of anilines is 1. The van der Waals surface area contributed by atoms with Gasteiger partial charge in [-0.15, -0.1) is 0 Å².